The summed E-state index contributed by atoms with van der Waals surface area (Å²) in [6, 6.07) is 25.7. The molecular weight excluding hydrogens is 354 g/mol. The summed E-state index contributed by atoms with van der Waals surface area (Å²) in [4.78, 5) is 13.7. The van der Waals surface area contributed by atoms with Crippen LogP contribution in [0.1, 0.15) is 59.4 Å². The van der Waals surface area contributed by atoms with Crippen LogP contribution in [0.4, 0.5) is 5.69 Å². The molecule has 0 heterocycles. The zero-order valence-corrected chi connectivity index (χ0v) is 17.1. The Bertz CT molecular complexity index is 1020. The van der Waals surface area contributed by atoms with Crippen LogP contribution in [-0.4, -0.2) is 5.91 Å². The van der Waals surface area contributed by atoms with Crippen LogP contribution >= 0.6 is 0 Å². The van der Waals surface area contributed by atoms with Gasteiger partial charge in [-0.15, -0.1) is 0 Å². The van der Waals surface area contributed by atoms with Crippen LogP contribution in [0.25, 0.3) is 0 Å². The van der Waals surface area contributed by atoms with E-state index in [9.17, 15) is 4.79 Å². The first kappa shape index (κ1) is 18.2. The average Bonchev–Trinajstić information content (AvgIpc) is 2.74. The smallest absolute Gasteiger partial charge is 0.228 e. The minimum absolute atomic E-state index is 0.0368. The van der Waals surface area contributed by atoms with E-state index in [2.05, 4.69) is 79.8 Å². The van der Waals surface area contributed by atoms with Crippen molar-refractivity contribution in [2.24, 2.45) is 11.8 Å². The van der Waals surface area contributed by atoms with E-state index in [4.69, 9.17) is 0 Å². The maximum Gasteiger partial charge on any atom is 0.228 e. The highest BCUT2D eigenvalue weighted by Gasteiger charge is 2.51. The predicted molar refractivity (Wildman–Crippen MR) is 118 cm³/mol. The number of fused-ring (bicyclic) bond motifs is 1. The van der Waals surface area contributed by atoms with E-state index in [0.29, 0.717) is 11.8 Å². The molecule has 3 aliphatic carbocycles. The highest BCUT2D eigenvalue weighted by atomic mass is 16.1. The fourth-order valence-electron chi connectivity index (χ4n) is 5.77. The van der Waals surface area contributed by atoms with Crippen LogP contribution in [0, 0.1) is 18.8 Å². The standard InChI is InChI=1S/C27H27NO/c1-3-9-23-24-19-12-4-6-14-21(19)25(22-15-7-5-13-20(22)24)26(23)27(29)28-18-11-8-10-17(2)16-18/h4-8,10-16,23-26H,3,9H2,1-2H3,(H,28,29). The number of carbonyl (C=O) groups excluding carboxylic acids is 1. The first-order valence-electron chi connectivity index (χ1n) is 10.7. The summed E-state index contributed by atoms with van der Waals surface area (Å²) in [6.07, 6.45) is 2.15. The summed E-state index contributed by atoms with van der Waals surface area (Å²) in [5.41, 5.74) is 7.59. The quantitative estimate of drug-likeness (QED) is 0.568. The minimum atomic E-state index is -0.0368. The Morgan fingerprint density at radius 2 is 1.41 bits per heavy atom. The molecule has 0 aliphatic heterocycles. The number of nitrogens with one attached hydrogen (secondary N) is 1. The summed E-state index contributed by atoms with van der Waals surface area (Å²) in [6.45, 7) is 4.29. The minimum Gasteiger partial charge on any atom is -0.326 e. The number of hydrogen-bond acceptors (Lipinski definition) is 1. The van der Waals surface area contributed by atoms with Crippen molar-refractivity contribution in [2.45, 2.75) is 38.5 Å². The third-order valence-electron chi connectivity index (χ3n) is 6.79. The zero-order chi connectivity index (χ0) is 20.0. The van der Waals surface area contributed by atoms with E-state index in [-0.39, 0.29) is 17.7 Å². The molecule has 146 valence electrons. The van der Waals surface area contributed by atoms with E-state index in [1.54, 1.807) is 0 Å². The van der Waals surface area contributed by atoms with Gasteiger partial charge in [0.15, 0.2) is 0 Å². The molecule has 0 radical (unpaired) electrons. The lowest BCUT2D eigenvalue weighted by molar-refractivity contribution is -0.123. The molecule has 0 aromatic heterocycles. The molecule has 0 saturated carbocycles. The Morgan fingerprint density at radius 3 is 1.97 bits per heavy atom. The van der Waals surface area contributed by atoms with Gasteiger partial charge < -0.3 is 5.32 Å². The van der Waals surface area contributed by atoms with Gasteiger partial charge in [0.2, 0.25) is 5.91 Å². The molecule has 2 bridgehead atoms. The van der Waals surface area contributed by atoms with Crippen molar-refractivity contribution < 1.29 is 4.79 Å². The molecule has 0 fully saturated rings. The molecule has 3 aromatic rings. The maximum atomic E-state index is 13.7. The number of aryl methyl sites for hydroxylation is 1. The van der Waals surface area contributed by atoms with E-state index in [1.165, 1.54) is 22.3 Å². The summed E-state index contributed by atoms with van der Waals surface area (Å²) in [7, 11) is 0. The molecule has 0 saturated heterocycles. The number of amides is 1. The Labute approximate surface area is 173 Å². The van der Waals surface area contributed by atoms with Crippen molar-refractivity contribution in [3.63, 3.8) is 0 Å². The first-order chi connectivity index (χ1) is 14.2. The summed E-state index contributed by atoms with van der Waals surface area (Å²) < 4.78 is 0. The first-order valence-corrected chi connectivity index (χ1v) is 10.7. The largest absolute Gasteiger partial charge is 0.326 e. The van der Waals surface area contributed by atoms with Crippen molar-refractivity contribution in [1.29, 1.82) is 0 Å². The number of benzene rings is 3. The average molecular weight is 382 g/mol. The van der Waals surface area contributed by atoms with Gasteiger partial charge in [-0.05, 0) is 59.2 Å². The van der Waals surface area contributed by atoms with Crippen LogP contribution in [-0.2, 0) is 4.79 Å². The Kier molecular flexibility index (Phi) is 4.50. The van der Waals surface area contributed by atoms with Crippen molar-refractivity contribution >= 4 is 11.6 Å². The second-order valence-electron chi connectivity index (χ2n) is 8.55. The monoisotopic (exact) mass is 381 g/mol. The number of rotatable bonds is 4. The molecule has 2 atom stereocenters. The summed E-state index contributed by atoms with van der Waals surface area (Å²) in [5, 5.41) is 3.25. The lowest BCUT2D eigenvalue weighted by Crippen LogP contribution is -2.45. The lowest BCUT2D eigenvalue weighted by atomic mass is 9.53. The molecule has 1 N–H and O–H groups in total. The molecule has 2 unspecified atom stereocenters. The fraction of sp³-hybridized carbons (Fsp3) is 0.296. The van der Waals surface area contributed by atoms with Gasteiger partial charge in [-0.1, -0.05) is 74.0 Å². The number of anilines is 1. The highest BCUT2D eigenvalue weighted by Crippen LogP contribution is 2.59. The van der Waals surface area contributed by atoms with Crippen LogP contribution in [0.5, 0.6) is 0 Å². The van der Waals surface area contributed by atoms with Crippen molar-refractivity contribution in [3.05, 3.63) is 101 Å². The normalized spacial score (nSPS) is 23.9. The second-order valence-corrected chi connectivity index (χ2v) is 8.55. The number of carbonyl (C=O) groups is 1. The van der Waals surface area contributed by atoms with Crippen molar-refractivity contribution in [2.75, 3.05) is 5.32 Å². The van der Waals surface area contributed by atoms with Gasteiger partial charge in [0.1, 0.15) is 0 Å². The molecule has 2 nitrogen and oxygen atoms in total. The molecule has 1 amide bonds. The SMILES string of the molecule is CCCC1C2c3ccccc3C(c3ccccc32)C1C(=O)Nc1cccc(C)c1. The fourth-order valence-corrected chi connectivity index (χ4v) is 5.77. The van der Waals surface area contributed by atoms with Crippen LogP contribution in [0.2, 0.25) is 0 Å². The zero-order valence-electron chi connectivity index (χ0n) is 17.1. The summed E-state index contributed by atoms with van der Waals surface area (Å²) in [5.74, 6) is 0.896. The van der Waals surface area contributed by atoms with E-state index < -0.39 is 0 Å². The topological polar surface area (TPSA) is 29.1 Å². The van der Waals surface area contributed by atoms with Gasteiger partial charge in [-0.25, -0.2) is 0 Å². The maximum absolute atomic E-state index is 13.7. The van der Waals surface area contributed by atoms with Crippen molar-refractivity contribution in [3.8, 4) is 0 Å². The molecule has 2 heteroatoms. The Hall–Kier alpha value is -2.87. The van der Waals surface area contributed by atoms with Gasteiger partial charge in [0, 0.05) is 17.5 Å². The van der Waals surface area contributed by atoms with Crippen LogP contribution < -0.4 is 5.32 Å². The Balaban J connectivity index is 1.62. The van der Waals surface area contributed by atoms with Gasteiger partial charge in [0.05, 0.1) is 5.92 Å². The second kappa shape index (κ2) is 7.18. The van der Waals surface area contributed by atoms with Gasteiger partial charge in [-0.2, -0.15) is 0 Å². The van der Waals surface area contributed by atoms with Gasteiger partial charge in [0.25, 0.3) is 0 Å². The molecule has 3 aromatic carbocycles. The highest BCUT2D eigenvalue weighted by molar-refractivity contribution is 5.95. The third kappa shape index (κ3) is 2.90. The van der Waals surface area contributed by atoms with E-state index in [0.717, 1.165) is 24.1 Å². The predicted octanol–water partition coefficient (Wildman–Crippen LogP) is 6.26. The number of hydrogen-bond donors (Lipinski definition) is 1. The van der Waals surface area contributed by atoms with E-state index in [1.807, 2.05) is 12.1 Å². The third-order valence-corrected chi connectivity index (χ3v) is 6.79. The Morgan fingerprint density at radius 1 is 0.828 bits per heavy atom. The van der Waals surface area contributed by atoms with Gasteiger partial charge >= 0.3 is 0 Å². The summed E-state index contributed by atoms with van der Waals surface area (Å²) >= 11 is 0. The van der Waals surface area contributed by atoms with Crippen LogP contribution in [0.15, 0.2) is 72.8 Å². The molecular formula is C27H27NO. The van der Waals surface area contributed by atoms with E-state index >= 15 is 0 Å². The molecule has 29 heavy (non-hydrogen) atoms. The van der Waals surface area contributed by atoms with Crippen LogP contribution in [0.3, 0.4) is 0 Å². The van der Waals surface area contributed by atoms with Gasteiger partial charge in [-0.3, -0.25) is 4.79 Å². The molecule has 3 aliphatic rings. The molecule has 6 rings (SSSR count). The lowest BCUT2D eigenvalue weighted by Gasteiger charge is -2.50. The molecule has 0 spiro atoms. The van der Waals surface area contributed by atoms with Crippen molar-refractivity contribution in [1.82, 2.24) is 0 Å².